The summed E-state index contributed by atoms with van der Waals surface area (Å²) in [5.41, 5.74) is 0.873. The van der Waals surface area contributed by atoms with Crippen molar-refractivity contribution >= 4 is 0 Å². The third kappa shape index (κ3) is 3.43. The maximum atomic E-state index is 12.1. The van der Waals surface area contributed by atoms with E-state index < -0.39 is 6.36 Å². The molecule has 0 radical (unpaired) electrons. The highest BCUT2D eigenvalue weighted by atomic mass is 19.4. The molecule has 0 amide bonds. The maximum Gasteiger partial charge on any atom is 0.573 e. The van der Waals surface area contributed by atoms with Gasteiger partial charge in [0.1, 0.15) is 5.75 Å². The molecule has 1 saturated heterocycles. The minimum atomic E-state index is -4.65. The Hall–Kier alpha value is -1.27. The van der Waals surface area contributed by atoms with Crippen molar-refractivity contribution in [2.45, 2.75) is 31.4 Å². The molecule has 2 atom stereocenters. The molecule has 0 bridgehead atoms. The second-order valence-corrected chi connectivity index (χ2v) is 5.28. The number of alkyl halides is 3. The average Bonchev–Trinajstić information content (AvgIpc) is 3.22. The van der Waals surface area contributed by atoms with Crippen molar-refractivity contribution in [1.29, 1.82) is 0 Å². The van der Waals surface area contributed by atoms with E-state index in [0.717, 1.165) is 12.1 Å². The lowest BCUT2D eigenvalue weighted by Crippen LogP contribution is -2.41. The Balaban J connectivity index is 1.64. The number of halogens is 3. The molecule has 0 aromatic heterocycles. The zero-order valence-corrected chi connectivity index (χ0v) is 10.8. The van der Waals surface area contributed by atoms with Gasteiger partial charge in [-0.1, -0.05) is 12.1 Å². The fourth-order valence-corrected chi connectivity index (χ4v) is 2.49. The van der Waals surface area contributed by atoms with Crippen LogP contribution in [0.5, 0.6) is 5.75 Å². The Labute approximate surface area is 115 Å². The highest BCUT2D eigenvalue weighted by molar-refractivity contribution is 5.29. The fraction of sp³-hybridized carbons (Fsp3) is 0.571. The second-order valence-electron chi connectivity index (χ2n) is 5.28. The summed E-state index contributed by atoms with van der Waals surface area (Å²) in [5.74, 6) is 0.432. The number of rotatable bonds is 3. The van der Waals surface area contributed by atoms with E-state index in [-0.39, 0.29) is 18.0 Å². The quantitative estimate of drug-likeness (QED) is 0.927. The van der Waals surface area contributed by atoms with Crippen LogP contribution in [0.25, 0.3) is 0 Å². The lowest BCUT2D eigenvalue weighted by atomic mass is 10.1. The van der Waals surface area contributed by atoms with Crippen LogP contribution in [0.1, 0.15) is 24.5 Å². The van der Waals surface area contributed by atoms with Gasteiger partial charge in [-0.2, -0.15) is 0 Å². The minimum Gasteiger partial charge on any atom is -0.406 e. The van der Waals surface area contributed by atoms with E-state index in [0.29, 0.717) is 12.5 Å². The molecule has 1 N–H and O–H groups in total. The zero-order chi connectivity index (χ0) is 14.2. The summed E-state index contributed by atoms with van der Waals surface area (Å²) in [6.45, 7) is 1.54. The van der Waals surface area contributed by atoms with E-state index in [1.54, 1.807) is 12.1 Å². The number of ether oxygens (including phenoxy) is 2. The predicted molar refractivity (Wildman–Crippen MR) is 66.3 cm³/mol. The Kier molecular flexibility index (Phi) is 3.60. The average molecular weight is 287 g/mol. The Morgan fingerprint density at radius 1 is 1.10 bits per heavy atom. The zero-order valence-electron chi connectivity index (χ0n) is 10.8. The molecular weight excluding hydrogens is 271 g/mol. The van der Waals surface area contributed by atoms with E-state index in [1.165, 1.54) is 25.0 Å². The molecule has 2 unspecified atom stereocenters. The molecule has 3 rings (SSSR count). The van der Waals surface area contributed by atoms with Crippen LogP contribution < -0.4 is 10.1 Å². The normalized spacial score (nSPS) is 27.4. The largest absolute Gasteiger partial charge is 0.573 e. The lowest BCUT2D eigenvalue weighted by molar-refractivity contribution is -0.274. The van der Waals surface area contributed by atoms with Crippen LogP contribution in [0.2, 0.25) is 0 Å². The van der Waals surface area contributed by atoms with Gasteiger partial charge in [0, 0.05) is 13.1 Å². The SMILES string of the molecule is FC(F)(F)Oc1ccc(C2CNCC(C3CC3)O2)cc1. The third-order valence-corrected chi connectivity index (χ3v) is 3.65. The van der Waals surface area contributed by atoms with E-state index >= 15 is 0 Å². The molecule has 1 aliphatic heterocycles. The van der Waals surface area contributed by atoms with E-state index in [2.05, 4.69) is 10.1 Å². The number of benzene rings is 1. The van der Waals surface area contributed by atoms with Gasteiger partial charge in [-0.25, -0.2) is 0 Å². The van der Waals surface area contributed by atoms with Crippen molar-refractivity contribution in [1.82, 2.24) is 5.32 Å². The molecule has 1 aromatic rings. The first-order chi connectivity index (χ1) is 9.51. The van der Waals surface area contributed by atoms with Crippen molar-refractivity contribution in [2.24, 2.45) is 5.92 Å². The van der Waals surface area contributed by atoms with Crippen molar-refractivity contribution < 1.29 is 22.6 Å². The van der Waals surface area contributed by atoms with Gasteiger partial charge in [-0.05, 0) is 36.5 Å². The molecule has 6 heteroatoms. The topological polar surface area (TPSA) is 30.5 Å². The van der Waals surface area contributed by atoms with Gasteiger partial charge in [0.25, 0.3) is 0 Å². The van der Waals surface area contributed by atoms with Crippen LogP contribution in [0.15, 0.2) is 24.3 Å². The van der Waals surface area contributed by atoms with Crippen LogP contribution >= 0.6 is 0 Å². The van der Waals surface area contributed by atoms with Crippen LogP contribution in [0.4, 0.5) is 13.2 Å². The Morgan fingerprint density at radius 2 is 1.80 bits per heavy atom. The third-order valence-electron chi connectivity index (χ3n) is 3.65. The summed E-state index contributed by atoms with van der Waals surface area (Å²) < 4.78 is 46.1. The molecule has 20 heavy (non-hydrogen) atoms. The first kappa shape index (κ1) is 13.7. The monoisotopic (exact) mass is 287 g/mol. The summed E-state index contributed by atoms with van der Waals surface area (Å²) in [4.78, 5) is 0. The van der Waals surface area contributed by atoms with Gasteiger partial charge in [-0.3, -0.25) is 0 Å². The van der Waals surface area contributed by atoms with Crippen LogP contribution in [-0.4, -0.2) is 25.6 Å². The minimum absolute atomic E-state index is 0.103. The predicted octanol–water partition coefficient (Wildman–Crippen LogP) is 3.02. The van der Waals surface area contributed by atoms with Crippen molar-refractivity contribution in [3.63, 3.8) is 0 Å². The maximum absolute atomic E-state index is 12.1. The summed E-state index contributed by atoms with van der Waals surface area (Å²) in [5, 5.41) is 3.32. The summed E-state index contributed by atoms with van der Waals surface area (Å²) >= 11 is 0. The van der Waals surface area contributed by atoms with Gasteiger partial charge in [0.15, 0.2) is 0 Å². The van der Waals surface area contributed by atoms with Crippen molar-refractivity contribution in [3.05, 3.63) is 29.8 Å². The first-order valence-corrected chi connectivity index (χ1v) is 6.73. The number of morpholine rings is 1. The smallest absolute Gasteiger partial charge is 0.406 e. The van der Waals surface area contributed by atoms with Crippen molar-refractivity contribution in [2.75, 3.05) is 13.1 Å². The summed E-state index contributed by atoms with van der Waals surface area (Å²) in [6, 6.07) is 5.91. The molecule has 2 aliphatic rings. The molecule has 1 aliphatic carbocycles. The summed E-state index contributed by atoms with van der Waals surface area (Å²) in [7, 11) is 0. The molecule has 3 nitrogen and oxygen atoms in total. The van der Waals surface area contributed by atoms with Gasteiger partial charge < -0.3 is 14.8 Å². The number of nitrogens with one attached hydrogen (secondary N) is 1. The first-order valence-electron chi connectivity index (χ1n) is 6.73. The Bertz CT molecular complexity index is 456. The molecule has 1 aromatic carbocycles. The molecule has 1 saturated carbocycles. The van der Waals surface area contributed by atoms with Crippen LogP contribution in [-0.2, 0) is 4.74 Å². The molecular formula is C14H16F3NO2. The second kappa shape index (κ2) is 5.26. The van der Waals surface area contributed by atoms with E-state index in [9.17, 15) is 13.2 Å². The number of hydrogen-bond acceptors (Lipinski definition) is 3. The molecule has 110 valence electrons. The molecule has 1 heterocycles. The Morgan fingerprint density at radius 3 is 2.40 bits per heavy atom. The van der Waals surface area contributed by atoms with Gasteiger partial charge in [0.05, 0.1) is 12.2 Å². The van der Waals surface area contributed by atoms with Gasteiger partial charge >= 0.3 is 6.36 Å². The van der Waals surface area contributed by atoms with E-state index in [4.69, 9.17) is 4.74 Å². The van der Waals surface area contributed by atoms with Crippen LogP contribution in [0.3, 0.4) is 0 Å². The number of hydrogen-bond donors (Lipinski definition) is 1. The van der Waals surface area contributed by atoms with Crippen LogP contribution in [0, 0.1) is 5.92 Å². The lowest BCUT2D eigenvalue weighted by Gasteiger charge is -2.31. The van der Waals surface area contributed by atoms with E-state index in [1.807, 2.05) is 0 Å². The van der Waals surface area contributed by atoms with Gasteiger partial charge in [0.2, 0.25) is 0 Å². The molecule has 0 spiro atoms. The van der Waals surface area contributed by atoms with Gasteiger partial charge in [-0.15, -0.1) is 13.2 Å². The van der Waals surface area contributed by atoms with Crippen molar-refractivity contribution in [3.8, 4) is 5.75 Å². The highest BCUT2D eigenvalue weighted by Gasteiger charge is 2.36. The molecule has 2 fully saturated rings. The summed E-state index contributed by atoms with van der Waals surface area (Å²) in [6.07, 6.45) is -2.12. The highest BCUT2D eigenvalue weighted by Crippen LogP contribution is 2.38. The fourth-order valence-electron chi connectivity index (χ4n) is 2.49. The standard InChI is InChI=1S/C14H16F3NO2/c15-14(16,17)20-11-5-3-10(4-6-11)13-8-18-7-12(19-13)9-1-2-9/h3-6,9,12-13,18H,1-2,7-8H2.